The lowest BCUT2D eigenvalue weighted by atomic mass is 9.96. The number of nitrogens with zero attached hydrogens (tertiary/aromatic N) is 3. The lowest BCUT2D eigenvalue weighted by molar-refractivity contribution is -0.126. The molecule has 0 bridgehead atoms. The number of rotatable bonds is 3. The molecule has 0 unspecified atom stereocenters. The summed E-state index contributed by atoms with van der Waals surface area (Å²) in [5.74, 6) is 0.832. The highest BCUT2D eigenvalue weighted by molar-refractivity contribution is 5.97. The minimum atomic E-state index is -0.122. The molecule has 2 amide bonds. The number of nitrogens with one attached hydrogen (secondary N) is 1. The SMILES string of the molecule is Cc1nc2ccc(C(=O)N3CCC[C@H](C(=O)NC(C)C)C3)cc2n1C. The van der Waals surface area contributed by atoms with Gasteiger partial charge in [0.1, 0.15) is 5.82 Å². The van der Waals surface area contributed by atoms with Crippen LogP contribution in [0.5, 0.6) is 0 Å². The zero-order valence-corrected chi connectivity index (χ0v) is 15.4. The number of aromatic nitrogens is 2. The van der Waals surface area contributed by atoms with Crippen LogP contribution in [0.15, 0.2) is 18.2 Å². The van der Waals surface area contributed by atoms with Crippen molar-refractivity contribution >= 4 is 22.8 Å². The third-order valence-corrected chi connectivity index (χ3v) is 4.86. The van der Waals surface area contributed by atoms with Crippen molar-refractivity contribution in [2.24, 2.45) is 13.0 Å². The second-order valence-corrected chi connectivity index (χ2v) is 7.18. The Balaban J connectivity index is 1.78. The summed E-state index contributed by atoms with van der Waals surface area (Å²) in [7, 11) is 1.95. The number of hydrogen-bond acceptors (Lipinski definition) is 3. The van der Waals surface area contributed by atoms with Crippen molar-refractivity contribution in [3.05, 3.63) is 29.6 Å². The maximum absolute atomic E-state index is 12.9. The standard InChI is InChI=1S/C19H26N4O2/c1-12(2)20-18(24)15-6-5-9-23(11-15)19(25)14-7-8-16-17(10-14)22(4)13(3)21-16/h7-8,10,12,15H,5-6,9,11H2,1-4H3,(H,20,24)/t15-/m0/s1. The summed E-state index contributed by atoms with van der Waals surface area (Å²) < 4.78 is 1.99. The number of aryl methyl sites for hydroxylation is 2. The molecule has 0 radical (unpaired) electrons. The zero-order valence-electron chi connectivity index (χ0n) is 15.4. The highest BCUT2D eigenvalue weighted by Gasteiger charge is 2.29. The molecule has 2 aromatic rings. The molecule has 2 heterocycles. The molecule has 0 saturated carbocycles. The Labute approximate surface area is 148 Å². The van der Waals surface area contributed by atoms with Crippen LogP contribution in [0.25, 0.3) is 11.0 Å². The molecule has 6 heteroatoms. The molecule has 25 heavy (non-hydrogen) atoms. The Morgan fingerprint density at radius 3 is 2.80 bits per heavy atom. The number of piperidine rings is 1. The number of amides is 2. The number of imidazole rings is 1. The molecule has 1 aromatic heterocycles. The molecule has 1 saturated heterocycles. The van der Waals surface area contributed by atoms with E-state index in [1.807, 2.05) is 50.6 Å². The second kappa shape index (κ2) is 6.86. The van der Waals surface area contributed by atoms with E-state index in [0.717, 1.165) is 29.7 Å². The monoisotopic (exact) mass is 342 g/mol. The Hall–Kier alpha value is -2.37. The van der Waals surface area contributed by atoms with Crippen LogP contribution in [0.4, 0.5) is 0 Å². The Morgan fingerprint density at radius 2 is 2.08 bits per heavy atom. The van der Waals surface area contributed by atoms with Gasteiger partial charge in [-0.25, -0.2) is 4.98 Å². The van der Waals surface area contributed by atoms with E-state index in [2.05, 4.69) is 10.3 Å². The van der Waals surface area contributed by atoms with Crippen LogP contribution >= 0.6 is 0 Å². The summed E-state index contributed by atoms with van der Waals surface area (Å²) in [5.41, 5.74) is 2.50. The minimum Gasteiger partial charge on any atom is -0.354 e. The van der Waals surface area contributed by atoms with Gasteiger partial charge in [0.15, 0.2) is 0 Å². The highest BCUT2D eigenvalue weighted by Crippen LogP contribution is 2.21. The number of carbonyl (C=O) groups is 2. The maximum Gasteiger partial charge on any atom is 0.253 e. The van der Waals surface area contributed by atoms with Gasteiger partial charge >= 0.3 is 0 Å². The van der Waals surface area contributed by atoms with Crippen molar-refractivity contribution in [2.45, 2.75) is 39.7 Å². The topological polar surface area (TPSA) is 67.2 Å². The fraction of sp³-hybridized carbons (Fsp3) is 0.526. The molecule has 1 N–H and O–H groups in total. The zero-order chi connectivity index (χ0) is 18.1. The van der Waals surface area contributed by atoms with Gasteiger partial charge in [-0.05, 0) is 51.8 Å². The van der Waals surface area contributed by atoms with E-state index in [1.54, 1.807) is 4.90 Å². The number of fused-ring (bicyclic) bond motifs is 1. The predicted octanol–water partition coefficient (Wildman–Crippen LogP) is 2.26. The fourth-order valence-corrected chi connectivity index (χ4v) is 3.40. The predicted molar refractivity (Wildman–Crippen MR) is 97.4 cm³/mol. The normalized spacial score (nSPS) is 18.0. The van der Waals surface area contributed by atoms with E-state index in [4.69, 9.17) is 0 Å². The summed E-state index contributed by atoms with van der Waals surface area (Å²) in [6.45, 7) is 7.04. The van der Waals surface area contributed by atoms with Gasteiger partial charge < -0.3 is 14.8 Å². The molecule has 6 nitrogen and oxygen atoms in total. The van der Waals surface area contributed by atoms with Gasteiger partial charge in [0.25, 0.3) is 5.91 Å². The first kappa shape index (κ1) is 17.5. The third kappa shape index (κ3) is 3.52. The Kier molecular flexibility index (Phi) is 4.79. The van der Waals surface area contributed by atoms with E-state index in [1.165, 1.54) is 0 Å². The quantitative estimate of drug-likeness (QED) is 0.930. The summed E-state index contributed by atoms with van der Waals surface area (Å²) in [6.07, 6.45) is 1.69. The largest absolute Gasteiger partial charge is 0.354 e. The molecular weight excluding hydrogens is 316 g/mol. The van der Waals surface area contributed by atoms with E-state index in [0.29, 0.717) is 18.7 Å². The second-order valence-electron chi connectivity index (χ2n) is 7.18. The third-order valence-electron chi connectivity index (χ3n) is 4.86. The highest BCUT2D eigenvalue weighted by atomic mass is 16.2. The first-order valence-electron chi connectivity index (χ1n) is 8.89. The molecule has 1 fully saturated rings. The van der Waals surface area contributed by atoms with Crippen LogP contribution in [0.1, 0.15) is 42.9 Å². The molecular formula is C19H26N4O2. The van der Waals surface area contributed by atoms with E-state index < -0.39 is 0 Å². The first-order chi connectivity index (χ1) is 11.9. The van der Waals surface area contributed by atoms with Gasteiger partial charge in [-0.3, -0.25) is 9.59 Å². The molecule has 1 aliphatic rings. The van der Waals surface area contributed by atoms with Crippen LogP contribution in [0.2, 0.25) is 0 Å². The van der Waals surface area contributed by atoms with Gasteiger partial charge in [0.05, 0.1) is 17.0 Å². The molecule has 0 spiro atoms. The van der Waals surface area contributed by atoms with Crippen molar-refractivity contribution in [1.82, 2.24) is 19.8 Å². The van der Waals surface area contributed by atoms with Crippen LogP contribution in [0.3, 0.4) is 0 Å². The van der Waals surface area contributed by atoms with Gasteiger partial charge in [-0.1, -0.05) is 0 Å². The van der Waals surface area contributed by atoms with Crippen molar-refractivity contribution in [1.29, 1.82) is 0 Å². The summed E-state index contributed by atoms with van der Waals surface area (Å²) in [6, 6.07) is 5.74. The van der Waals surface area contributed by atoms with Gasteiger partial charge in [0, 0.05) is 31.7 Å². The molecule has 1 atom stereocenters. The Morgan fingerprint density at radius 1 is 1.32 bits per heavy atom. The van der Waals surface area contributed by atoms with E-state index >= 15 is 0 Å². The van der Waals surface area contributed by atoms with Gasteiger partial charge in [-0.2, -0.15) is 0 Å². The number of carbonyl (C=O) groups excluding carboxylic acids is 2. The maximum atomic E-state index is 12.9. The fourth-order valence-electron chi connectivity index (χ4n) is 3.40. The first-order valence-corrected chi connectivity index (χ1v) is 8.89. The van der Waals surface area contributed by atoms with Crippen molar-refractivity contribution < 1.29 is 9.59 Å². The molecule has 1 aromatic carbocycles. The van der Waals surface area contributed by atoms with Crippen molar-refractivity contribution in [3.8, 4) is 0 Å². The van der Waals surface area contributed by atoms with Crippen LogP contribution in [-0.4, -0.2) is 45.4 Å². The number of likely N-dealkylation sites (tertiary alicyclic amines) is 1. The summed E-state index contributed by atoms with van der Waals surface area (Å²) in [4.78, 5) is 31.5. The van der Waals surface area contributed by atoms with Crippen LogP contribution in [-0.2, 0) is 11.8 Å². The molecule has 3 rings (SSSR count). The van der Waals surface area contributed by atoms with Crippen molar-refractivity contribution in [2.75, 3.05) is 13.1 Å². The Bertz CT molecular complexity index is 809. The average molecular weight is 342 g/mol. The van der Waals surface area contributed by atoms with E-state index in [9.17, 15) is 9.59 Å². The smallest absolute Gasteiger partial charge is 0.253 e. The lowest BCUT2D eigenvalue weighted by Gasteiger charge is -2.32. The molecule has 1 aliphatic heterocycles. The van der Waals surface area contributed by atoms with Crippen LogP contribution in [0, 0.1) is 12.8 Å². The van der Waals surface area contributed by atoms with Crippen LogP contribution < -0.4 is 5.32 Å². The van der Waals surface area contributed by atoms with Gasteiger partial charge in [-0.15, -0.1) is 0 Å². The average Bonchev–Trinajstić information content (AvgIpc) is 2.88. The summed E-state index contributed by atoms with van der Waals surface area (Å²) >= 11 is 0. The lowest BCUT2D eigenvalue weighted by Crippen LogP contribution is -2.46. The van der Waals surface area contributed by atoms with E-state index in [-0.39, 0.29) is 23.8 Å². The van der Waals surface area contributed by atoms with Gasteiger partial charge in [0.2, 0.25) is 5.91 Å². The minimum absolute atomic E-state index is 0.0113. The number of hydrogen-bond donors (Lipinski definition) is 1. The van der Waals surface area contributed by atoms with Crippen molar-refractivity contribution in [3.63, 3.8) is 0 Å². The number of benzene rings is 1. The summed E-state index contributed by atoms with van der Waals surface area (Å²) in [5, 5.41) is 2.96. The molecule has 0 aliphatic carbocycles. The molecule has 134 valence electrons.